The molecule has 1 heterocycles. The van der Waals surface area contributed by atoms with E-state index < -0.39 is 0 Å². The molecule has 8 heteroatoms. The summed E-state index contributed by atoms with van der Waals surface area (Å²) < 4.78 is 18.5. The van der Waals surface area contributed by atoms with Crippen molar-refractivity contribution in [2.45, 2.75) is 25.8 Å². The number of hydrogen-bond donors (Lipinski definition) is 2. The van der Waals surface area contributed by atoms with E-state index in [1.54, 1.807) is 31.1 Å². The molecule has 0 saturated carbocycles. The average molecular weight is 504 g/mol. The molecule has 0 spiro atoms. The van der Waals surface area contributed by atoms with Gasteiger partial charge in [-0.15, -0.1) is 24.0 Å². The fraction of sp³-hybridized carbons (Fsp3) is 0.368. The quantitative estimate of drug-likeness (QED) is 0.324. The number of benzene rings is 1. The van der Waals surface area contributed by atoms with Gasteiger partial charge in [0.1, 0.15) is 5.82 Å². The van der Waals surface area contributed by atoms with E-state index in [2.05, 4.69) is 20.6 Å². The van der Waals surface area contributed by atoms with Gasteiger partial charge in [-0.05, 0) is 42.0 Å². The number of pyridine rings is 1. The highest BCUT2D eigenvalue weighted by Gasteiger charge is 2.06. The molecule has 0 bridgehead atoms. The summed E-state index contributed by atoms with van der Waals surface area (Å²) in [6.45, 7) is 3.87. The summed E-state index contributed by atoms with van der Waals surface area (Å²) in [6.07, 6.45) is 3.76. The van der Waals surface area contributed by atoms with Gasteiger partial charge in [0.15, 0.2) is 5.96 Å². The second kappa shape index (κ2) is 12.8. The highest BCUT2D eigenvalue weighted by Crippen LogP contribution is 2.16. The number of hydrogen-bond acceptors (Lipinski definition) is 4. The standard InChI is InChI=1S/C19H25FN4OS.HI/c1-4-21-19(23-11-14-5-8-18(25-2)22-10-14)24-12-15-6-7-17(20)9-16(15)13-26-3;/h5-10H,4,11-13H2,1-3H3,(H2,21,23,24);1H. The van der Waals surface area contributed by atoms with Crippen molar-refractivity contribution in [3.8, 4) is 5.88 Å². The first-order valence-electron chi connectivity index (χ1n) is 8.43. The Morgan fingerprint density at radius 3 is 2.67 bits per heavy atom. The Hall–Kier alpha value is -1.55. The lowest BCUT2D eigenvalue weighted by molar-refractivity contribution is 0.397. The van der Waals surface area contributed by atoms with Gasteiger partial charge in [0, 0.05) is 31.1 Å². The third-order valence-electron chi connectivity index (χ3n) is 3.69. The van der Waals surface area contributed by atoms with Crippen LogP contribution in [0.4, 0.5) is 4.39 Å². The van der Waals surface area contributed by atoms with E-state index in [9.17, 15) is 4.39 Å². The topological polar surface area (TPSA) is 58.5 Å². The smallest absolute Gasteiger partial charge is 0.212 e. The van der Waals surface area contributed by atoms with Crippen LogP contribution in [0.2, 0.25) is 0 Å². The summed E-state index contributed by atoms with van der Waals surface area (Å²) in [6, 6.07) is 8.67. The van der Waals surface area contributed by atoms with E-state index in [1.165, 1.54) is 6.07 Å². The highest BCUT2D eigenvalue weighted by atomic mass is 127. The van der Waals surface area contributed by atoms with E-state index in [1.807, 2.05) is 31.4 Å². The number of rotatable bonds is 8. The first-order chi connectivity index (χ1) is 12.7. The van der Waals surface area contributed by atoms with Gasteiger partial charge in [-0.3, -0.25) is 0 Å². The van der Waals surface area contributed by atoms with E-state index >= 15 is 0 Å². The van der Waals surface area contributed by atoms with Crippen molar-refractivity contribution in [3.05, 3.63) is 59.0 Å². The highest BCUT2D eigenvalue weighted by molar-refractivity contribution is 14.0. The van der Waals surface area contributed by atoms with Crippen LogP contribution in [-0.4, -0.2) is 30.9 Å². The fourth-order valence-corrected chi connectivity index (χ4v) is 2.95. The van der Waals surface area contributed by atoms with Crippen LogP contribution in [-0.2, 0) is 18.8 Å². The van der Waals surface area contributed by atoms with Gasteiger partial charge in [-0.25, -0.2) is 14.4 Å². The normalized spacial score (nSPS) is 10.9. The summed E-state index contributed by atoms with van der Waals surface area (Å²) >= 11 is 1.68. The van der Waals surface area contributed by atoms with Crippen molar-refractivity contribution in [1.29, 1.82) is 0 Å². The summed E-state index contributed by atoms with van der Waals surface area (Å²) in [5.74, 6) is 1.87. The zero-order chi connectivity index (χ0) is 18.8. The van der Waals surface area contributed by atoms with Crippen LogP contribution in [0.5, 0.6) is 5.88 Å². The van der Waals surface area contributed by atoms with Gasteiger partial charge in [0.25, 0.3) is 0 Å². The summed E-state index contributed by atoms with van der Waals surface area (Å²) in [5, 5.41) is 6.53. The lowest BCUT2D eigenvalue weighted by atomic mass is 10.1. The van der Waals surface area contributed by atoms with Gasteiger partial charge in [-0.1, -0.05) is 12.1 Å². The Labute approximate surface area is 181 Å². The van der Waals surface area contributed by atoms with Crippen molar-refractivity contribution < 1.29 is 9.13 Å². The van der Waals surface area contributed by atoms with Gasteiger partial charge < -0.3 is 15.4 Å². The molecule has 2 aromatic rings. The molecule has 0 fully saturated rings. The van der Waals surface area contributed by atoms with Crippen molar-refractivity contribution in [2.75, 3.05) is 19.9 Å². The first kappa shape index (κ1) is 23.5. The van der Waals surface area contributed by atoms with Crippen LogP contribution in [0, 0.1) is 5.82 Å². The molecule has 1 aromatic carbocycles. The second-order valence-electron chi connectivity index (χ2n) is 5.60. The molecule has 0 atom stereocenters. The second-order valence-corrected chi connectivity index (χ2v) is 6.47. The zero-order valence-corrected chi connectivity index (χ0v) is 18.9. The lowest BCUT2D eigenvalue weighted by Gasteiger charge is -2.14. The number of nitrogens with zero attached hydrogens (tertiary/aromatic N) is 2. The largest absolute Gasteiger partial charge is 0.481 e. The van der Waals surface area contributed by atoms with E-state index in [0.29, 0.717) is 24.9 Å². The number of thioether (sulfide) groups is 1. The minimum absolute atomic E-state index is 0. The van der Waals surface area contributed by atoms with Crippen LogP contribution < -0.4 is 15.4 Å². The fourth-order valence-electron chi connectivity index (χ4n) is 2.37. The number of guanidine groups is 1. The molecule has 0 aliphatic heterocycles. The minimum Gasteiger partial charge on any atom is -0.481 e. The maximum Gasteiger partial charge on any atom is 0.212 e. The Morgan fingerprint density at radius 2 is 2.04 bits per heavy atom. The van der Waals surface area contributed by atoms with Crippen LogP contribution in [0.25, 0.3) is 0 Å². The minimum atomic E-state index is -0.203. The van der Waals surface area contributed by atoms with Gasteiger partial charge in [0.2, 0.25) is 5.88 Å². The molecule has 27 heavy (non-hydrogen) atoms. The van der Waals surface area contributed by atoms with Crippen molar-refractivity contribution >= 4 is 41.7 Å². The molecule has 0 radical (unpaired) electrons. The molecule has 148 valence electrons. The predicted molar refractivity (Wildman–Crippen MR) is 121 cm³/mol. The van der Waals surface area contributed by atoms with Crippen molar-refractivity contribution in [3.63, 3.8) is 0 Å². The summed E-state index contributed by atoms with van der Waals surface area (Å²) in [4.78, 5) is 8.77. The molecule has 0 amide bonds. The number of nitrogens with one attached hydrogen (secondary N) is 2. The van der Waals surface area contributed by atoms with Gasteiger partial charge >= 0.3 is 0 Å². The number of aliphatic imine (C=N–C) groups is 1. The molecular formula is C19H26FIN4OS. The van der Waals surface area contributed by atoms with E-state index in [-0.39, 0.29) is 29.8 Å². The Balaban J connectivity index is 0.00000364. The predicted octanol–water partition coefficient (Wildman–Crippen LogP) is 3.97. The van der Waals surface area contributed by atoms with Crippen molar-refractivity contribution in [2.24, 2.45) is 4.99 Å². The monoisotopic (exact) mass is 504 g/mol. The van der Waals surface area contributed by atoms with Crippen LogP contribution in [0.15, 0.2) is 41.5 Å². The molecule has 1 aromatic heterocycles. The number of ether oxygens (including phenoxy) is 1. The third kappa shape index (κ3) is 7.92. The molecule has 0 saturated heterocycles. The van der Waals surface area contributed by atoms with Crippen LogP contribution in [0.1, 0.15) is 23.6 Å². The lowest BCUT2D eigenvalue weighted by Crippen LogP contribution is -2.37. The van der Waals surface area contributed by atoms with Gasteiger partial charge in [-0.2, -0.15) is 11.8 Å². The third-order valence-corrected chi connectivity index (χ3v) is 4.28. The van der Waals surface area contributed by atoms with E-state index in [4.69, 9.17) is 4.74 Å². The van der Waals surface area contributed by atoms with E-state index in [0.717, 1.165) is 29.0 Å². The van der Waals surface area contributed by atoms with Crippen LogP contribution >= 0.6 is 35.7 Å². The molecular weight excluding hydrogens is 478 g/mol. The molecule has 2 N–H and O–H groups in total. The van der Waals surface area contributed by atoms with Gasteiger partial charge in [0.05, 0.1) is 13.7 Å². The zero-order valence-electron chi connectivity index (χ0n) is 15.8. The number of halogens is 2. The Kier molecular flexibility index (Phi) is 11.1. The maximum atomic E-state index is 13.5. The summed E-state index contributed by atoms with van der Waals surface area (Å²) in [5.41, 5.74) is 3.06. The Bertz CT molecular complexity index is 728. The average Bonchev–Trinajstić information content (AvgIpc) is 2.66. The molecule has 5 nitrogen and oxygen atoms in total. The molecule has 0 aliphatic carbocycles. The molecule has 0 aliphatic rings. The maximum absolute atomic E-state index is 13.5. The van der Waals surface area contributed by atoms with Crippen molar-refractivity contribution in [1.82, 2.24) is 15.6 Å². The number of methoxy groups -OCH3 is 1. The van der Waals surface area contributed by atoms with Crippen LogP contribution in [0.3, 0.4) is 0 Å². The first-order valence-corrected chi connectivity index (χ1v) is 9.83. The Morgan fingerprint density at radius 1 is 1.22 bits per heavy atom. The summed E-state index contributed by atoms with van der Waals surface area (Å²) in [7, 11) is 1.59. The number of aromatic nitrogens is 1. The molecule has 0 unspecified atom stereocenters. The molecule has 2 rings (SSSR count). The SMILES string of the molecule is CCNC(=NCc1ccc(OC)nc1)NCc1ccc(F)cc1CSC.I.